The fourth-order valence-electron chi connectivity index (χ4n) is 2.57. The number of benzene rings is 2. The molecule has 0 saturated heterocycles. The van der Waals surface area contributed by atoms with Gasteiger partial charge in [-0.15, -0.1) is 0 Å². The second-order valence-electron chi connectivity index (χ2n) is 6.17. The molecule has 2 amide bonds. The first-order valence-corrected chi connectivity index (χ1v) is 9.34. The summed E-state index contributed by atoms with van der Waals surface area (Å²) in [4.78, 5) is 26.9. The highest BCUT2D eigenvalue weighted by atomic mass is 16.5. The van der Waals surface area contributed by atoms with Crippen LogP contribution in [0.15, 0.2) is 53.5 Å². The van der Waals surface area contributed by atoms with Crippen molar-refractivity contribution in [3.8, 4) is 5.75 Å². The summed E-state index contributed by atoms with van der Waals surface area (Å²) in [6, 6.07) is 14.9. The van der Waals surface area contributed by atoms with E-state index in [9.17, 15) is 9.59 Å². The van der Waals surface area contributed by atoms with Crippen LogP contribution in [0.2, 0.25) is 0 Å². The van der Waals surface area contributed by atoms with Crippen molar-refractivity contribution >= 4 is 17.8 Å². The predicted octanol–water partition coefficient (Wildman–Crippen LogP) is 1.17. The zero-order chi connectivity index (χ0) is 21.1. The molecule has 2 rings (SSSR count). The fraction of sp³-hybridized carbons (Fsp3) is 0.286. The number of nitrogens with one attached hydrogen (secondary N) is 3. The third kappa shape index (κ3) is 7.17. The quantitative estimate of drug-likeness (QED) is 0.374. The standard InChI is InChI=1S/C21H27N5O3/c1-3-29-18-7-5-4-6-17(18)13-26-21(23-2)25-12-15-8-10-16(11-9-15)20(28)24-14-19(22)27/h4-11H,3,12-14H2,1-2H3,(H2,22,27)(H,24,28)(H2,23,25,26). The Morgan fingerprint density at radius 1 is 1.00 bits per heavy atom. The first-order chi connectivity index (χ1) is 14.0. The van der Waals surface area contributed by atoms with Crippen molar-refractivity contribution in [3.63, 3.8) is 0 Å². The predicted molar refractivity (Wildman–Crippen MR) is 113 cm³/mol. The van der Waals surface area contributed by atoms with E-state index in [1.807, 2.05) is 43.3 Å². The maximum atomic E-state index is 11.9. The Morgan fingerprint density at radius 3 is 2.34 bits per heavy atom. The molecule has 0 aromatic heterocycles. The lowest BCUT2D eigenvalue weighted by Crippen LogP contribution is -2.36. The minimum Gasteiger partial charge on any atom is -0.494 e. The highest BCUT2D eigenvalue weighted by Gasteiger charge is 2.07. The molecule has 0 heterocycles. The zero-order valence-electron chi connectivity index (χ0n) is 16.7. The number of aliphatic imine (C=N–C) groups is 1. The van der Waals surface area contributed by atoms with Crippen LogP contribution in [0.4, 0.5) is 0 Å². The summed E-state index contributed by atoms with van der Waals surface area (Å²) in [5, 5.41) is 8.95. The molecule has 0 aliphatic carbocycles. The summed E-state index contributed by atoms with van der Waals surface area (Å²) in [5.74, 6) is 0.582. The van der Waals surface area contributed by atoms with Crippen LogP contribution in [0.5, 0.6) is 5.75 Å². The molecule has 0 aliphatic heterocycles. The van der Waals surface area contributed by atoms with Crippen LogP contribution in [0.25, 0.3) is 0 Å². The van der Waals surface area contributed by atoms with Crippen LogP contribution >= 0.6 is 0 Å². The number of hydrogen-bond donors (Lipinski definition) is 4. The molecule has 8 nitrogen and oxygen atoms in total. The average Bonchev–Trinajstić information content (AvgIpc) is 2.73. The number of carbonyl (C=O) groups is 2. The molecule has 0 radical (unpaired) electrons. The number of nitrogens with two attached hydrogens (primary N) is 1. The SMILES string of the molecule is CCOc1ccccc1CNC(=NC)NCc1ccc(C(=O)NCC(N)=O)cc1. The van der Waals surface area contributed by atoms with E-state index in [0.29, 0.717) is 31.2 Å². The molecule has 0 bridgehead atoms. The van der Waals surface area contributed by atoms with Gasteiger partial charge in [-0.25, -0.2) is 0 Å². The van der Waals surface area contributed by atoms with Crippen LogP contribution in [0.1, 0.15) is 28.4 Å². The van der Waals surface area contributed by atoms with Crippen LogP contribution < -0.4 is 26.4 Å². The van der Waals surface area contributed by atoms with Gasteiger partial charge in [0, 0.05) is 31.3 Å². The van der Waals surface area contributed by atoms with E-state index in [-0.39, 0.29) is 12.5 Å². The van der Waals surface area contributed by atoms with E-state index in [0.717, 1.165) is 16.9 Å². The Bertz CT molecular complexity index is 850. The van der Waals surface area contributed by atoms with Gasteiger partial charge in [-0.05, 0) is 30.7 Å². The van der Waals surface area contributed by atoms with E-state index in [1.165, 1.54) is 0 Å². The summed E-state index contributed by atoms with van der Waals surface area (Å²) in [5.41, 5.74) is 7.51. The second kappa shape index (κ2) is 11.3. The van der Waals surface area contributed by atoms with Crippen molar-refractivity contribution in [2.45, 2.75) is 20.0 Å². The molecule has 2 aromatic carbocycles. The van der Waals surface area contributed by atoms with Gasteiger partial charge < -0.3 is 26.4 Å². The largest absolute Gasteiger partial charge is 0.494 e. The monoisotopic (exact) mass is 397 g/mol. The third-order valence-electron chi connectivity index (χ3n) is 4.04. The Kier molecular flexibility index (Phi) is 8.50. The van der Waals surface area contributed by atoms with E-state index in [4.69, 9.17) is 10.5 Å². The molecule has 0 fully saturated rings. The van der Waals surface area contributed by atoms with E-state index in [1.54, 1.807) is 19.2 Å². The fourth-order valence-corrected chi connectivity index (χ4v) is 2.57. The zero-order valence-corrected chi connectivity index (χ0v) is 16.7. The molecule has 8 heteroatoms. The summed E-state index contributed by atoms with van der Waals surface area (Å²) >= 11 is 0. The molecule has 5 N–H and O–H groups in total. The number of nitrogens with zero attached hydrogens (tertiary/aromatic N) is 1. The maximum absolute atomic E-state index is 11.9. The van der Waals surface area contributed by atoms with Crippen molar-refractivity contribution in [1.82, 2.24) is 16.0 Å². The third-order valence-corrected chi connectivity index (χ3v) is 4.04. The van der Waals surface area contributed by atoms with Gasteiger partial charge in [0.2, 0.25) is 5.91 Å². The highest BCUT2D eigenvalue weighted by Crippen LogP contribution is 2.17. The first kappa shape index (κ1) is 21.7. The van der Waals surface area contributed by atoms with Gasteiger partial charge in [0.25, 0.3) is 5.91 Å². The molecule has 0 saturated carbocycles. The lowest BCUT2D eigenvalue weighted by Gasteiger charge is -2.14. The molecular formula is C21H27N5O3. The summed E-state index contributed by atoms with van der Waals surface area (Å²) < 4.78 is 5.63. The number of carbonyl (C=O) groups excluding carboxylic acids is 2. The lowest BCUT2D eigenvalue weighted by molar-refractivity contribution is -0.117. The Balaban J connectivity index is 1.86. The summed E-state index contributed by atoms with van der Waals surface area (Å²) in [7, 11) is 1.70. The van der Waals surface area contributed by atoms with Gasteiger partial charge in [0.1, 0.15) is 5.75 Å². The van der Waals surface area contributed by atoms with E-state index >= 15 is 0 Å². The number of primary amides is 1. The molecule has 0 atom stereocenters. The highest BCUT2D eigenvalue weighted by molar-refractivity contribution is 5.96. The Hall–Kier alpha value is -3.55. The van der Waals surface area contributed by atoms with Crippen LogP contribution in [0, 0.1) is 0 Å². The number of amides is 2. The average molecular weight is 397 g/mol. The molecule has 0 aliphatic rings. The van der Waals surface area contributed by atoms with Gasteiger partial charge in [-0.1, -0.05) is 30.3 Å². The number of hydrogen-bond acceptors (Lipinski definition) is 4. The van der Waals surface area contributed by atoms with Crippen molar-refractivity contribution < 1.29 is 14.3 Å². The molecule has 29 heavy (non-hydrogen) atoms. The second-order valence-corrected chi connectivity index (χ2v) is 6.17. The number of ether oxygens (including phenoxy) is 1. The van der Waals surface area contributed by atoms with Crippen molar-refractivity contribution in [2.75, 3.05) is 20.2 Å². The van der Waals surface area contributed by atoms with Crippen LogP contribution in [0.3, 0.4) is 0 Å². The Morgan fingerprint density at radius 2 is 1.69 bits per heavy atom. The van der Waals surface area contributed by atoms with E-state index < -0.39 is 5.91 Å². The van der Waals surface area contributed by atoms with Crippen LogP contribution in [-0.4, -0.2) is 38.0 Å². The van der Waals surface area contributed by atoms with Gasteiger partial charge in [0.05, 0.1) is 13.2 Å². The van der Waals surface area contributed by atoms with Crippen molar-refractivity contribution in [2.24, 2.45) is 10.7 Å². The van der Waals surface area contributed by atoms with Gasteiger partial charge in [-0.2, -0.15) is 0 Å². The number of rotatable bonds is 9. The minimum absolute atomic E-state index is 0.184. The maximum Gasteiger partial charge on any atom is 0.251 e. The first-order valence-electron chi connectivity index (χ1n) is 9.34. The van der Waals surface area contributed by atoms with E-state index in [2.05, 4.69) is 20.9 Å². The van der Waals surface area contributed by atoms with Crippen molar-refractivity contribution in [3.05, 3.63) is 65.2 Å². The summed E-state index contributed by atoms with van der Waals surface area (Å²) in [6.45, 7) is 3.50. The molecule has 0 spiro atoms. The van der Waals surface area contributed by atoms with Crippen molar-refractivity contribution in [1.29, 1.82) is 0 Å². The normalized spacial score (nSPS) is 10.9. The Labute approximate surface area is 170 Å². The summed E-state index contributed by atoms with van der Waals surface area (Å²) in [6.07, 6.45) is 0. The smallest absolute Gasteiger partial charge is 0.251 e. The molecule has 154 valence electrons. The van der Waals surface area contributed by atoms with Gasteiger partial charge in [0.15, 0.2) is 5.96 Å². The molecule has 0 unspecified atom stereocenters. The minimum atomic E-state index is -0.582. The molecule has 2 aromatic rings. The number of guanidine groups is 1. The van der Waals surface area contributed by atoms with Gasteiger partial charge in [-0.3, -0.25) is 14.6 Å². The topological polar surface area (TPSA) is 118 Å². The molecular weight excluding hydrogens is 370 g/mol. The lowest BCUT2D eigenvalue weighted by atomic mass is 10.1. The van der Waals surface area contributed by atoms with Crippen LogP contribution in [-0.2, 0) is 17.9 Å². The number of para-hydroxylation sites is 1. The van der Waals surface area contributed by atoms with Gasteiger partial charge >= 0.3 is 0 Å².